The second kappa shape index (κ2) is 4.86. The monoisotopic (exact) mass is 289 g/mol. The Labute approximate surface area is 117 Å². The molecule has 0 saturated carbocycles. The number of H-pyrrole nitrogens is 2. The van der Waals surface area contributed by atoms with Crippen LogP contribution in [0.15, 0.2) is 24.4 Å². The van der Waals surface area contributed by atoms with E-state index in [0.717, 1.165) is 5.52 Å². The Kier molecular flexibility index (Phi) is 3.03. The van der Waals surface area contributed by atoms with Gasteiger partial charge in [0.25, 0.3) is 0 Å². The summed E-state index contributed by atoms with van der Waals surface area (Å²) in [5, 5.41) is 13.8. The predicted octanol–water partition coefficient (Wildman–Crippen LogP) is 1.79. The van der Waals surface area contributed by atoms with Crippen LogP contribution in [0.25, 0.3) is 10.9 Å². The van der Waals surface area contributed by atoms with E-state index in [1.54, 1.807) is 24.4 Å². The fourth-order valence-electron chi connectivity index (χ4n) is 1.92. The topological polar surface area (TPSA) is 104 Å². The molecular weight excluding hydrogens is 282 g/mol. The standard InChI is InChI=1S/C12H8ClN5O2/c13-6-1-2-9-7(3-6)8(5-14-9)10(19)4-11(20)12-15-17-18-16-12/h1-3,5,14H,4H2,(H,15,16,17,18). The molecule has 0 aliphatic rings. The number of Topliss-reactive ketones (excluding diaryl/α,β-unsaturated/α-hetero) is 2. The van der Waals surface area contributed by atoms with E-state index in [1.807, 2.05) is 0 Å². The number of fused-ring (bicyclic) bond motifs is 1. The van der Waals surface area contributed by atoms with Crippen molar-refractivity contribution in [3.63, 3.8) is 0 Å². The molecule has 0 aliphatic heterocycles. The summed E-state index contributed by atoms with van der Waals surface area (Å²) in [5.41, 5.74) is 1.20. The molecule has 20 heavy (non-hydrogen) atoms. The van der Waals surface area contributed by atoms with Crippen LogP contribution in [0.5, 0.6) is 0 Å². The van der Waals surface area contributed by atoms with Crippen molar-refractivity contribution in [2.45, 2.75) is 6.42 Å². The third kappa shape index (κ3) is 2.19. The van der Waals surface area contributed by atoms with Gasteiger partial charge in [-0.05, 0) is 23.4 Å². The van der Waals surface area contributed by atoms with Crippen molar-refractivity contribution in [1.82, 2.24) is 25.6 Å². The molecule has 2 heterocycles. The van der Waals surface area contributed by atoms with Gasteiger partial charge in [0.2, 0.25) is 11.6 Å². The Morgan fingerprint density at radius 2 is 2.10 bits per heavy atom. The molecule has 7 nitrogen and oxygen atoms in total. The lowest BCUT2D eigenvalue weighted by atomic mass is 10.0. The number of nitrogens with one attached hydrogen (secondary N) is 2. The number of carbonyl (C=O) groups is 2. The summed E-state index contributed by atoms with van der Waals surface area (Å²) >= 11 is 5.91. The first-order chi connectivity index (χ1) is 9.65. The van der Waals surface area contributed by atoms with E-state index in [4.69, 9.17) is 11.6 Å². The van der Waals surface area contributed by atoms with Gasteiger partial charge in [0.05, 0.1) is 6.42 Å². The Balaban J connectivity index is 1.89. The van der Waals surface area contributed by atoms with Gasteiger partial charge in [-0.3, -0.25) is 9.59 Å². The van der Waals surface area contributed by atoms with E-state index in [0.29, 0.717) is 16.0 Å². The molecule has 0 bridgehead atoms. The van der Waals surface area contributed by atoms with Crippen LogP contribution in [0, 0.1) is 0 Å². The van der Waals surface area contributed by atoms with Crippen LogP contribution in [0.2, 0.25) is 5.02 Å². The third-order valence-corrected chi connectivity index (χ3v) is 3.10. The van der Waals surface area contributed by atoms with Gasteiger partial charge in [0, 0.05) is 27.7 Å². The molecule has 0 spiro atoms. The van der Waals surface area contributed by atoms with Crippen molar-refractivity contribution in [3.8, 4) is 0 Å². The molecule has 0 aliphatic carbocycles. The molecule has 0 amide bonds. The average molecular weight is 290 g/mol. The summed E-state index contributed by atoms with van der Waals surface area (Å²) in [6.07, 6.45) is 1.24. The number of hydrogen-bond donors (Lipinski definition) is 2. The highest BCUT2D eigenvalue weighted by Gasteiger charge is 2.19. The van der Waals surface area contributed by atoms with Gasteiger partial charge in [-0.15, -0.1) is 10.2 Å². The number of aromatic nitrogens is 5. The van der Waals surface area contributed by atoms with Gasteiger partial charge in [-0.2, -0.15) is 5.21 Å². The number of benzene rings is 1. The Morgan fingerprint density at radius 3 is 2.85 bits per heavy atom. The molecule has 8 heteroatoms. The van der Waals surface area contributed by atoms with E-state index < -0.39 is 5.78 Å². The Bertz CT molecular complexity index is 793. The molecule has 3 aromatic rings. The van der Waals surface area contributed by atoms with Crippen LogP contribution in [0.3, 0.4) is 0 Å². The van der Waals surface area contributed by atoms with Crippen molar-refractivity contribution >= 4 is 34.1 Å². The quantitative estimate of drug-likeness (QED) is 0.563. The zero-order valence-electron chi connectivity index (χ0n) is 10.1. The molecule has 1 aromatic carbocycles. The van der Waals surface area contributed by atoms with Crippen LogP contribution in [0.4, 0.5) is 0 Å². The van der Waals surface area contributed by atoms with Gasteiger partial charge in [-0.1, -0.05) is 11.6 Å². The van der Waals surface area contributed by atoms with Gasteiger partial charge in [0.1, 0.15) is 0 Å². The van der Waals surface area contributed by atoms with Crippen molar-refractivity contribution in [3.05, 3.63) is 40.8 Å². The van der Waals surface area contributed by atoms with E-state index in [-0.39, 0.29) is 18.0 Å². The van der Waals surface area contributed by atoms with Crippen LogP contribution in [-0.2, 0) is 0 Å². The Hall–Kier alpha value is -2.54. The van der Waals surface area contributed by atoms with Crippen molar-refractivity contribution in [1.29, 1.82) is 0 Å². The van der Waals surface area contributed by atoms with Gasteiger partial charge >= 0.3 is 0 Å². The SMILES string of the molecule is O=C(CC(=O)c1c[nH]c2ccc(Cl)cc12)c1nn[nH]n1. The maximum Gasteiger partial charge on any atom is 0.240 e. The zero-order chi connectivity index (χ0) is 14.1. The molecule has 100 valence electrons. The molecule has 3 rings (SSSR count). The number of aromatic amines is 2. The number of tetrazole rings is 1. The lowest BCUT2D eigenvalue weighted by Gasteiger charge is -1.97. The number of carbonyl (C=O) groups excluding carboxylic acids is 2. The first-order valence-electron chi connectivity index (χ1n) is 5.71. The van der Waals surface area contributed by atoms with Crippen molar-refractivity contribution in [2.24, 2.45) is 0 Å². The highest BCUT2D eigenvalue weighted by atomic mass is 35.5. The van der Waals surface area contributed by atoms with Gasteiger partial charge < -0.3 is 4.98 Å². The Morgan fingerprint density at radius 1 is 1.25 bits per heavy atom. The summed E-state index contributed by atoms with van der Waals surface area (Å²) in [6, 6.07) is 5.17. The highest BCUT2D eigenvalue weighted by molar-refractivity contribution is 6.31. The summed E-state index contributed by atoms with van der Waals surface area (Å²) < 4.78 is 0. The van der Waals surface area contributed by atoms with Crippen molar-refractivity contribution in [2.75, 3.05) is 0 Å². The van der Waals surface area contributed by atoms with Crippen molar-refractivity contribution < 1.29 is 9.59 Å². The van der Waals surface area contributed by atoms with E-state index >= 15 is 0 Å². The lowest BCUT2D eigenvalue weighted by Crippen LogP contribution is -2.10. The maximum atomic E-state index is 12.2. The number of rotatable bonds is 4. The lowest BCUT2D eigenvalue weighted by molar-refractivity contribution is 0.0889. The fourth-order valence-corrected chi connectivity index (χ4v) is 2.10. The first kappa shape index (κ1) is 12.5. The molecule has 0 saturated heterocycles. The zero-order valence-corrected chi connectivity index (χ0v) is 10.8. The summed E-state index contributed by atoms with van der Waals surface area (Å²) in [5.74, 6) is -0.912. The smallest absolute Gasteiger partial charge is 0.240 e. The molecule has 0 atom stereocenters. The van der Waals surface area contributed by atoms with E-state index in [9.17, 15) is 9.59 Å². The second-order valence-electron chi connectivity index (χ2n) is 4.15. The number of nitrogens with zero attached hydrogens (tertiary/aromatic N) is 3. The first-order valence-corrected chi connectivity index (χ1v) is 6.09. The second-order valence-corrected chi connectivity index (χ2v) is 4.59. The molecular formula is C12H8ClN5O2. The number of hydrogen-bond acceptors (Lipinski definition) is 5. The largest absolute Gasteiger partial charge is 0.360 e. The summed E-state index contributed by atoms with van der Waals surface area (Å²) in [4.78, 5) is 26.9. The van der Waals surface area contributed by atoms with Crippen LogP contribution in [-0.4, -0.2) is 37.2 Å². The normalized spacial score (nSPS) is 10.8. The molecule has 0 fully saturated rings. The average Bonchev–Trinajstić information content (AvgIpc) is 3.07. The van der Waals surface area contributed by atoms with Crippen LogP contribution in [0.1, 0.15) is 27.4 Å². The fraction of sp³-hybridized carbons (Fsp3) is 0.0833. The van der Waals surface area contributed by atoms with Gasteiger partial charge in [0.15, 0.2) is 5.78 Å². The molecule has 0 unspecified atom stereocenters. The maximum absolute atomic E-state index is 12.2. The minimum absolute atomic E-state index is 0.101. The van der Waals surface area contributed by atoms with Gasteiger partial charge in [-0.25, -0.2) is 0 Å². The molecule has 0 radical (unpaired) electrons. The minimum atomic E-state index is -0.486. The molecule has 2 aromatic heterocycles. The number of halogens is 1. The highest BCUT2D eigenvalue weighted by Crippen LogP contribution is 2.23. The predicted molar refractivity (Wildman–Crippen MR) is 70.8 cm³/mol. The number of ketones is 2. The minimum Gasteiger partial charge on any atom is -0.360 e. The summed E-state index contributed by atoms with van der Waals surface area (Å²) in [6.45, 7) is 0. The summed E-state index contributed by atoms with van der Waals surface area (Å²) in [7, 11) is 0. The van der Waals surface area contributed by atoms with E-state index in [2.05, 4.69) is 25.6 Å². The van der Waals surface area contributed by atoms with Crippen LogP contribution >= 0.6 is 11.6 Å². The third-order valence-electron chi connectivity index (χ3n) is 2.86. The van der Waals surface area contributed by atoms with Crippen LogP contribution < -0.4 is 0 Å². The molecule has 2 N–H and O–H groups in total. The van der Waals surface area contributed by atoms with E-state index in [1.165, 1.54) is 0 Å².